The summed E-state index contributed by atoms with van der Waals surface area (Å²) in [5, 5.41) is 11.7. The zero-order chi connectivity index (χ0) is 22.5. The highest BCUT2D eigenvalue weighted by Gasteiger charge is 2.27. The van der Waals surface area contributed by atoms with Gasteiger partial charge in [-0.25, -0.2) is 9.53 Å². The first-order valence-electron chi connectivity index (χ1n) is 11.1. The van der Waals surface area contributed by atoms with Crippen molar-refractivity contribution in [3.63, 3.8) is 0 Å². The van der Waals surface area contributed by atoms with Crippen molar-refractivity contribution in [2.24, 2.45) is 5.92 Å². The fourth-order valence-corrected chi connectivity index (χ4v) is 4.70. The van der Waals surface area contributed by atoms with Crippen molar-refractivity contribution in [3.8, 4) is 5.75 Å². The molecular formula is C23H26ClN5O3. The van der Waals surface area contributed by atoms with Crippen LogP contribution in [0.25, 0.3) is 4.85 Å². The molecule has 0 atom stereocenters. The third-order valence-electron chi connectivity index (χ3n) is 6.40. The second kappa shape index (κ2) is 10.1. The Hall–Kier alpha value is -2.92. The number of nitrogens with zero attached hydrogens (tertiary/aromatic N) is 4. The molecule has 1 heterocycles. The number of rotatable bonds is 6. The Morgan fingerprint density at radius 2 is 1.94 bits per heavy atom. The monoisotopic (exact) mass is 455 g/mol. The number of aldehydes is 1. The van der Waals surface area contributed by atoms with E-state index in [2.05, 4.69) is 20.5 Å². The van der Waals surface area contributed by atoms with Crippen LogP contribution in [0.15, 0.2) is 24.4 Å². The van der Waals surface area contributed by atoms with E-state index in [9.17, 15) is 9.59 Å². The van der Waals surface area contributed by atoms with Crippen molar-refractivity contribution < 1.29 is 14.3 Å². The maximum Gasteiger partial charge on any atom is 0.273 e. The van der Waals surface area contributed by atoms with Gasteiger partial charge < -0.3 is 14.8 Å². The van der Waals surface area contributed by atoms with Gasteiger partial charge in [-0.05, 0) is 63.5 Å². The number of amides is 1. The first-order valence-corrected chi connectivity index (χ1v) is 11.4. The van der Waals surface area contributed by atoms with Gasteiger partial charge in [-0.3, -0.25) is 4.79 Å². The molecule has 2 aromatic rings. The number of carbonyl (C=O) groups excluding carboxylic acids is 2. The van der Waals surface area contributed by atoms with Crippen LogP contribution in [0.1, 0.15) is 67.9 Å². The summed E-state index contributed by atoms with van der Waals surface area (Å²) in [5.74, 6) is 0.601. The maximum atomic E-state index is 12.6. The van der Waals surface area contributed by atoms with Crippen molar-refractivity contribution >= 4 is 29.5 Å². The van der Waals surface area contributed by atoms with Crippen molar-refractivity contribution in [1.29, 1.82) is 0 Å². The summed E-state index contributed by atoms with van der Waals surface area (Å²) < 4.78 is 7.78. The number of aromatic nitrogens is 3. The molecule has 1 amide bonds. The quantitative estimate of drug-likeness (QED) is 0.510. The van der Waals surface area contributed by atoms with Crippen LogP contribution in [-0.4, -0.2) is 39.3 Å². The Morgan fingerprint density at radius 3 is 2.59 bits per heavy atom. The van der Waals surface area contributed by atoms with Gasteiger partial charge in [0.15, 0.2) is 5.69 Å². The molecule has 168 valence electrons. The molecule has 1 N–H and O–H groups in total. The molecule has 4 rings (SSSR count). The van der Waals surface area contributed by atoms with E-state index in [1.807, 2.05) is 0 Å². The fourth-order valence-electron chi connectivity index (χ4n) is 4.49. The molecule has 2 aliphatic rings. The number of ether oxygens (including phenoxy) is 1. The van der Waals surface area contributed by atoms with Crippen LogP contribution in [0.3, 0.4) is 0 Å². The van der Waals surface area contributed by atoms with E-state index in [-0.39, 0.29) is 30.0 Å². The lowest BCUT2D eigenvalue weighted by Gasteiger charge is -2.29. The van der Waals surface area contributed by atoms with Gasteiger partial charge in [0.05, 0.1) is 29.9 Å². The molecule has 8 nitrogen and oxygen atoms in total. The third-order valence-corrected chi connectivity index (χ3v) is 6.71. The average molecular weight is 456 g/mol. The second-order valence-electron chi connectivity index (χ2n) is 8.58. The van der Waals surface area contributed by atoms with E-state index in [4.69, 9.17) is 22.9 Å². The highest BCUT2D eigenvalue weighted by atomic mass is 35.5. The molecule has 0 bridgehead atoms. The Labute approximate surface area is 192 Å². The van der Waals surface area contributed by atoms with E-state index >= 15 is 0 Å². The lowest BCUT2D eigenvalue weighted by atomic mass is 9.87. The van der Waals surface area contributed by atoms with Crippen molar-refractivity contribution in [3.05, 3.63) is 46.5 Å². The van der Waals surface area contributed by atoms with Crippen molar-refractivity contribution in [2.45, 2.75) is 69.6 Å². The summed E-state index contributed by atoms with van der Waals surface area (Å²) >= 11 is 6.08. The minimum Gasteiger partial charge on any atom is -0.490 e. The first-order chi connectivity index (χ1) is 15.6. The molecule has 9 heteroatoms. The summed E-state index contributed by atoms with van der Waals surface area (Å²) in [6, 6.07) is 5.38. The van der Waals surface area contributed by atoms with Gasteiger partial charge in [0.1, 0.15) is 12.0 Å². The van der Waals surface area contributed by atoms with E-state index in [0.717, 1.165) is 57.7 Å². The molecule has 0 saturated heterocycles. The summed E-state index contributed by atoms with van der Waals surface area (Å²) in [4.78, 5) is 26.9. The Kier molecular flexibility index (Phi) is 7.05. The topological polar surface area (TPSA) is 90.5 Å². The molecule has 2 saturated carbocycles. The number of nitrogens with one attached hydrogen (secondary N) is 1. The van der Waals surface area contributed by atoms with Gasteiger partial charge in [0, 0.05) is 12.0 Å². The zero-order valence-electron chi connectivity index (χ0n) is 17.7. The minimum absolute atomic E-state index is 0.0559. The normalized spacial score (nSPS) is 25.5. The van der Waals surface area contributed by atoms with Crippen LogP contribution >= 0.6 is 11.6 Å². The fraction of sp³-hybridized carbons (Fsp3) is 0.522. The summed E-state index contributed by atoms with van der Waals surface area (Å²) in [7, 11) is 0. The van der Waals surface area contributed by atoms with Crippen LogP contribution in [0.4, 0.5) is 5.69 Å². The second-order valence-corrected chi connectivity index (χ2v) is 8.99. The van der Waals surface area contributed by atoms with E-state index < -0.39 is 0 Å². The molecule has 1 aromatic heterocycles. The van der Waals surface area contributed by atoms with Gasteiger partial charge >= 0.3 is 0 Å². The zero-order valence-corrected chi connectivity index (χ0v) is 18.5. The summed E-state index contributed by atoms with van der Waals surface area (Å²) in [6.45, 7) is 7.06. The Morgan fingerprint density at radius 1 is 1.19 bits per heavy atom. The predicted molar refractivity (Wildman–Crippen MR) is 119 cm³/mol. The third kappa shape index (κ3) is 5.28. The molecule has 0 unspecified atom stereocenters. The number of hydrogen-bond donors (Lipinski definition) is 1. The molecule has 1 aromatic carbocycles. The molecule has 0 radical (unpaired) electrons. The predicted octanol–water partition coefficient (Wildman–Crippen LogP) is 4.53. The largest absolute Gasteiger partial charge is 0.490 e. The number of carbonyl (C=O) groups is 2. The van der Waals surface area contributed by atoms with Crippen molar-refractivity contribution in [2.75, 3.05) is 0 Å². The molecule has 32 heavy (non-hydrogen) atoms. The smallest absolute Gasteiger partial charge is 0.273 e. The molecular weight excluding hydrogens is 430 g/mol. The van der Waals surface area contributed by atoms with Crippen LogP contribution in [0.5, 0.6) is 5.75 Å². The van der Waals surface area contributed by atoms with Gasteiger partial charge in [-0.15, -0.1) is 5.10 Å². The first kappa shape index (κ1) is 22.3. The van der Waals surface area contributed by atoms with Crippen LogP contribution in [0.2, 0.25) is 5.02 Å². The van der Waals surface area contributed by atoms with Crippen LogP contribution in [0, 0.1) is 12.5 Å². The number of halogens is 1. The van der Waals surface area contributed by atoms with Gasteiger partial charge in [-0.2, -0.15) is 0 Å². The number of hydrogen-bond acceptors (Lipinski definition) is 5. The molecule has 2 aliphatic carbocycles. The highest BCUT2D eigenvalue weighted by molar-refractivity contribution is 6.33. The Bertz CT molecular complexity index is 1000. The maximum absolute atomic E-state index is 12.6. The van der Waals surface area contributed by atoms with Gasteiger partial charge in [-0.1, -0.05) is 22.9 Å². The van der Waals surface area contributed by atoms with Gasteiger partial charge in [0.25, 0.3) is 5.91 Å². The van der Waals surface area contributed by atoms with E-state index in [1.165, 1.54) is 0 Å². The van der Waals surface area contributed by atoms with Crippen LogP contribution in [-0.2, 0) is 4.79 Å². The number of benzene rings is 1. The van der Waals surface area contributed by atoms with E-state index in [0.29, 0.717) is 22.2 Å². The lowest BCUT2D eigenvalue weighted by Crippen LogP contribution is -2.39. The minimum atomic E-state index is -0.205. The van der Waals surface area contributed by atoms with Crippen molar-refractivity contribution in [1.82, 2.24) is 20.3 Å². The van der Waals surface area contributed by atoms with Gasteiger partial charge in [0.2, 0.25) is 5.69 Å². The highest BCUT2D eigenvalue weighted by Crippen LogP contribution is 2.32. The average Bonchev–Trinajstić information content (AvgIpc) is 3.31. The Balaban J connectivity index is 1.24. The molecule has 0 spiro atoms. The summed E-state index contributed by atoms with van der Waals surface area (Å²) in [5.41, 5.74) is 0.742. The molecule has 0 aliphatic heterocycles. The molecule has 2 fully saturated rings. The van der Waals surface area contributed by atoms with Crippen LogP contribution < -0.4 is 10.1 Å². The standard InChI is InChI=1S/C23H26ClN5O3/c1-25-21-11-10-19(12-20(21)24)32-18-8-4-16(5-9-18)26-23(31)22-13-29(28-27-22)17-6-2-15(14-30)3-7-17/h10-18H,2-9H2,(H,26,31). The van der Waals surface area contributed by atoms with E-state index in [1.54, 1.807) is 29.1 Å². The lowest BCUT2D eigenvalue weighted by molar-refractivity contribution is -0.112. The summed E-state index contributed by atoms with van der Waals surface area (Å²) in [6.07, 6.45) is 9.55. The SMILES string of the molecule is [C-]#[N+]c1ccc(OC2CCC(NC(=O)c3cn(C4CCC(C=O)CC4)nn3)CC2)cc1Cl.